The number of aromatic nitrogens is 5. The highest BCUT2D eigenvalue weighted by Gasteiger charge is 2.46. The van der Waals surface area contributed by atoms with E-state index in [1.165, 1.54) is 16.2 Å². The van der Waals surface area contributed by atoms with Crippen molar-refractivity contribution < 1.29 is 14.2 Å². The first-order valence-electron chi connectivity index (χ1n) is 14.6. The van der Waals surface area contributed by atoms with Crippen LogP contribution >= 0.6 is 0 Å². The molecule has 2 saturated heterocycles. The molecule has 0 radical (unpaired) electrons. The summed E-state index contributed by atoms with van der Waals surface area (Å²) < 4.78 is 18.9. The highest BCUT2D eigenvalue weighted by molar-refractivity contribution is 5.73. The Hall–Kier alpha value is -4.74. The zero-order valence-electron chi connectivity index (χ0n) is 24.0. The molecule has 3 aromatic carbocycles. The second kappa shape index (κ2) is 11.9. The SMILES string of the molecule is CNc1ccc(N2CCN(c3ccc(OCC4COC(Cn5nccn5)(c5cnc6ccccc6n5)O4)cc3)CC2)cc1. The van der Waals surface area contributed by atoms with Crippen LogP contribution in [0.2, 0.25) is 0 Å². The Labute approximate surface area is 250 Å². The van der Waals surface area contributed by atoms with Crippen molar-refractivity contribution in [3.63, 3.8) is 0 Å². The Kier molecular flexibility index (Phi) is 7.48. The molecule has 2 aromatic heterocycles. The molecule has 0 spiro atoms. The fourth-order valence-electron chi connectivity index (χ4n) is 5.60. The van der Waals surface area contributed by atoms with Crippen LogP contribution in [-0.4, -0.2) is 77.5 Å². The van der Waals surface area contributed by atoms with Gasteiger partial charge in [-0.15, -0.1) is 0 Å². The highest BCUT2D eigenvalue weighted by atomic mass is 16.8. The second-order valence-electron chi connectivity index (χ2n) is 10.7. The fourth-order valence-corrected chi connectivity index (χ4v) is 5.60. The van der Waals surface area contributed by atoms with E-state index in [-0.39, 0.29) is 12.6 Å². The predicted molar refractivity (Wildman–Crippen MR) is 164 cm³/mol. The quantitative estimate of drug-likeness (QED) is 0.277. The van der Waals surface area contributed by atoms with Gasteiger partial charge in [0.2, 0.25) is 5.79 Å². The topological polar surface area (TPSA) is 103 Å². The van der Waals surface area contributed by atoms with Crippen LogP contribution < -0.4 is 19.9 Å². The lowest BCUT2D eigenvalue weighted by molar-refractivity contribution is -0.195. The molecule has 2 fully saturated rings. The van der Waals surface area contributed by atoms with Crippen molar-refractivity contribution in [3.8, 4) is 5.75 Å². The van der Waals surface area contributed by atoms with E-state index in [1.54, 1.807) is 18.6 Å². The summed E-state index contributed by atoms with van der Waals surface area (Å²) in [4.78, 5) is 15.8. The lowest BCUT2D eigenvalue weighted by Crippen LogP contribution is -2.46. The van der Waals surface area contributed by atoms with Gasteiger partial charge in [-0.05, 0) is 60.7 Å². The normalized spacial score (nSPS) is 20.4. The van der Waals surface area contributed by atoms with Crippen molar-refractivity contribution in [2.24, 2.45) is 0 Å². The number of anilines is 3. The lowest BCUT2D eigenvalue weighted by Gasteiger charge is -2.37. The first kappa shape index (κ1) is 27.1. The van der Waals surface area contributed by atoms with Gasteiger partial charge in [-0.25, -0.2) is 4.98 Å². The largest absolute Gasteiger partial charge is 0.491 e. The standard InChI is InChI=1S/C32H34N8O3/c1-33-24-6-8-25(9-7-24)38-16-18-39(19-17-38)26-10-12-27(13-11-26)41-21-28-22-42-32(43-28,23-40-35-14-15-36-40)31-20-34-29-4-2-3-5-30(29)37-31/h2-15,20,28,33H,16-19,21-23H2,1H3. The maximum Gasteiger partial charge on any atom is 0.236 e. The van der Waals surface area contributed by atoms with E-state index >= 15 is 0 Å². The van der Waals surface area contributed by atoms with Gasteiger partial charge in [0.15, 0.2) is 0 Å². The summed E-state index contributed by atoms with van der Waals surface area (Å²) in [7, 11) is 1.94. The van der Waals surface area contributed by atoms with Crippen LogP contribution in [0.25, 0.3) is 11.0 Å². The zero-order chi connectivity index (χ0) is 29.1. The molecule has 2 unspecified atom stereocenters. The Morgan fingerprint density at radius 2 is 1.51 bits per heavy atom. The number of nitrogens with one attached hydrogen (secondary N) is 1. The number of hydrogen-bond donors (Lipinski definition) is 1. The zero-order valence-corrected chi connectivity index (χ0v) is 24.0. The summed E-state index contributed by atoms with van der Waals surface area (Å²) in [5.41, 5.74) is 5.73. The molecule has 11 nitrogen and oxygen atoms in total. The Morgan fingerprint density at radius 1 is 0.860 bits per heavy atom. The van der Waals surface area contributed by atoms with Gasteiger partial charge in [-0.3, -0.25) is 4.98 Å². The monoisotopic (exact) mass is 578 g/mol. The summed E-state index contributed by atoms with van der Waals surface area (Å²) in [5.74, 6) is -0.391. The van der Waals surface area contributed by atoms with E-state index in [4.69, 9.17) is 19.2 Å². The van der Waals surface area contributed by atoms with E-state index in [2.05, 4.69) is 66.7 Å². The van der Waals surface area contributed by atoms with Crippen molar-refractivity contribution in [2.75, 3.05) is 61.6 Å². The molecule has 7 rings (SSSR count). The lowest BCUT2D eigenvalue weighted by atomic mass is 10.2. The Bertz CT molecular complexity index is 1640. The minimum atomic E-state index is -1.18. The minimum absolute atomic E-state index is 0.243. The molecule has 11 heteroatoms. The van der Waals surface area contributed by atoms with E-state index in [9.17, 15) is 0 Å². The first-order chi connectivity index (χ1) is 21.2. The highest BCUT2D eigenvalue weighted by Crippen LogP contribution is 2.35. The molecule has 43 heavy (non-hydrogen) atoms. The average molecular weight is 579 g/mol. The van der Waals surface area contributed by atoms with Crippen LogP contribution in [0.1, 0.15) is 5.69 Å². The number of rotatable bonds is 9. The molecule has 4 heterocycles. The van der Waals surface area contributed by atoms with Gasteiger partial charge in [-0.2, -0.15) is 15.0 Å². The van der Waals surface area contributed by atoms with Crippen LogP contribution in [-0.2, 0) is 21.8 Å². The number of hydrogen-bond acceptors (Lipinski definition) is 10. The molecular formula is C32H34N8O3. The van der Waals surface area contributed by atoms with E-state index in [0.717, 1.165) is 48.6 Å². The van der Waals surface area contributed by atoms with Crippen molar-refractivity contribution in [1.82, 2.24) is 25.0 Å². The Balaban J connectivity index is 0.969. The van der Waals surface area contributed by atoms with Crippen molar-refractivity contribution in [3.05, 3.63) is 97.1 Å². The van der Waals surface area contributed by atoms with Gasteiger partial charge >= 0.3 is 0 Å². The maximum atomic E-state index is 6.49. The van der Waals surface area contributed by atoms with Crippen LogP contribution in [0.5, 0.6) is 5.75 Å². The van der Waals surface area contributed by atoms with E-state index in [0.29, 0.717) is 18.9 Å². The number of ether oxygens (including phenoxy) is 3. The minimum Gasteiger partial charge on any atom is -0.491 e. The molecule has 0 aliphatic carbocycles. The van der Waals surface area contributed by atoms with Gasteiger partial charge in [0, 0.05) is 50.3 Å². The molecule has 2 aliphatic heterocycles. The second-order valence-corrected chi connectivity index (χ2v) is 10.7. The molecule has 220 valence electrons. The van der Waals surface area contributed by atoms with E-state index < -0.39 is 5.79 Å². The van der Waals surface area contributed by atoms with Gasteiger partial charge in [0.05, 0.1) is 36.2 Å². The van der Waals surface area contributed by atoms with E-state index in [1.807, 2.05) is 43.4 Å². The first-order valence-corrected chi connectivity index (χ1v) is 14.6. The third kappa shape index (κ3) is 5.81. The molecule has 2 atom stereocenters. The number of fused-ring (bicyclic) bond motifs is 1. The van der Waals surface area contributed by atoms with Crippen molar-refractivity contribution in [2.45, 2.75) is 18.4 Å². The predicted octanol–water partition coefficient (Wildman–Crippen LogP) is 3.94. The van der Waals surface area contributed by atoms with Gasteiger partial charge < -0.3 is 29.3 Å². The third-order valence-electron chi connectivity index (χ3n) is 7.95. The summed E-state index contributed by atoms with van der Waals surface area (Å²) in [6.45, 7) is 4.81. The van der Waals surface area contributed by atoms with Crippen LogP contribution in [0, 0.1) is 0 Å². The summed E-state index contributed by atoms with van der Waals surface area (Å²) in [5, 5.41) is 11.7. The van der Waals surface area contributed by atoms with Crippen molar-refractivity contribution >= 4 is 28.1 Å². The smallest absolute Gasteiger partial charge is 0.236 e. The molecule has 0 saturated carbocycles. The molecule has 2 aliphatic rings. The third-order valence-corrected chi connectivity index (χ3v) is 7.95. The van der Waals surface area contributed by atoms with Crippen molar-refractivity contribution in [1.29, 1.82) is 0 Å². The van der Waals surface area contributed by atoms with Gasteiger partial charge in [0.1, 0.15) is 30.7 Å². The fraction of sp³-hybridized carbons (Fsp3) is 0.312. The molecule has 1 N–H and O–H groups in total. The molecule has 0 bridgehead atoms. The summed E-state index contributed by atoms with van der Waals surface area (Å²) in [6.07, 6.45) is 4.65. The van der Waals surface area contributed by atoms with Crippen LogP contribution in [0.4, 0.5) is 17.1 Å². The molecular weight excluding hydrogens is 544 g/mol. The number of para-hydroxylation sites is 2. The maximum absolute atomic E-state index is 6.49. The summed E-state index contributed by atoms with van der Waals surface area (Å²) in [6, 6.07) is 24.6. The van der Waals surface area contributed by atoms with Gasteiger partial charge in [-0.1, -0.05) is 12.1 Å². The van der Waals surface area contributed by atoms with Crippen LogP contribution in [0.15, 0.2) is 91.4 Å². The van der Waals surface area contributed by atoms with Gasteiger partial charge in [0.25, 0.3) is 0 Å². The average Bonchev–Trinajstić information content (AvgIpc) is 3.75. The Morgan fingerprint density at radius 3 is 2.19 bits per heavy atom. The molecule has 0 amide bonds. The number of benzene rings is 3. The summed E-state index contributed by atoms with van der Waals surface area (Å²) >= 11 is 0. The molecule has 5 aromatic rings. The number of piperazine rings is 1. The van der Waals surface area contributed by atoms with Crippen LogP contribution in [0.3, 0.4) is 0 Å². The number of nitrogens with zero attached hydrogens (tertiary/aromatic N) is 7.